The smallest absolute Gasteiger partial charge is 0.221 e. The second-order valence-corrected chi connectivity index (χ2v) is 4.58. The van der Waals surface area contributed by atoms with Crippen molar-refractivity contribution in [3.63, 3.8) is 0 Å². The first-order valence-corrected chi connectivity index (χ1v) is 6.76. The third-order valence-electron chi connectivity index (χ3n) is 2.94. The summed E-state index contributed by atoms with van der Waals surface area (Å²) in [6.45, 7) is 6.13. The molecule has 0 amide bonds. The van der Waals surface area contributed by atoms with E-state index in [1.54, 1.807) is 13.2 Å². The first kappa shape index (κ1) is 14.9. The first-order chi connectivity index (χ1) is 10.2. The van der Waals surface area contributed by atoms with Gasteiger partial charge in [0.1, 0.15) is 12.4 Å². The Bertz CT molecular complexity index is 613. The molecule has 0 aliphatic heterocycles. The normalized spacial score (nSPS) is 11.0. The van der Waals surface area contributed by atoms with Gasteiger partial charge < -0.3 is 9.47 Å². The third kappa shape index (κ3) is 4.21. The summed E-state index contributed by atoms with van der Waals surface area (Å²) < 4.78 is 10.8. The van der Waals surface area contributed by atoms with Gasteiger partial charge in [-0.1, -0.05) is 30.4 Å². The van der Waals surface area contributed by atoms with Gasteiger partial charge in [-0.3, -0.25) is 0 Å². The summed E-state index contributed by atoms with van der Waals surface area (Å²) in [5, 5.41) is 0. The maximum absolute atomic E-state index is 5.68. The molecule has 3 nitrogen and oxygen atoms in total. The van der Waals surface area contributed by atoms with Crippen molar-refractivity contribution < 1.29 is 9.47 Å². The van der Waals surface area contributed by atoms with Gasteiger partial charge in [0.15, 0.2) is 0 Å². The highest BCUT2D eigenvalue weighted by Crippen LogP contribution is 2.17. The Morgan fingerprint density at radius 1 is 1.10 bits per heavy atom. The first-order valence-electron chi connectivity index (χ1n) is 6.76. The van der Waals surface area contributed by atoms with E-state index in [-0.39, 0.29) is 0 Å². The van der Waals surface area contributed by atoms with Crippen LogP contribution in [0.15, 0.2) is 66.2 Å². The van der Waals surface area contributed by atoms with Gasteiger partial charge in [0, 0.05) is 5.56 Å². The molecule has 0 atom stereocenters. The predicted molar refractivity (Wildman–Crippen MR) is 86.5 cm³/mol. The molecule has 2 aromatic carbocycles. The van der Waals surface area contributed by atoms with Crippen LogP contribution in [0.1, 0.15) is 11.1 Å². The van der Waals surface area contributed by atoms with Crippen LogP contribution in [0.25, 0.3) is 0 Å². The van der Waals surface area contributed by atoms with Crippen molar-refractivity contribution in [3.8, 4) is 5.75 Å². The maximum atomic E-state index is 5.68. The maximum Gasteiger partial charge on any atom is 0.221 e. The van der Waals surface area contributed by atoms with Gasteiger partial charge >= 0.3 is 0 Å². The van der Waals surface area contributed by atoms with E-state index in [9.17, 15) is 0 Å². The second kappa shape index (κ2) is 7.29. The zero-order chi connectivity index (χ0) is 15.1. The van der Waals surface area contributed by atoms with E-state index in [2.05, 4.69) is 11.6 Å². The molecule has 0 saturated carbocycles. The van der Waals surface area contributed by atoms with Crippen LogP contribution in [0.4, 0.5) is 5.69 Å². The summed E-state index contributed by atoms with van der Waals surface area (Å²) in [6, 6.07) is 15.6. The molecule has 0 aromatic heterocycles. The number of aliphatic imine (C=N–C) groups is 1. The average molecular weight is 281 g/mol. The quantitative estimate of drug-likeness (QED) is 0.465. The molecule has 0 N–H and O–H groups in total. The van der Waals surface area contributed by atoms with E-state index in [0.717, 1.165) is 17.0 Å². The van der Waals surface area contributed by atoms with Crippen molar-refractivity contribution in [2.24, 2.45) is 4.99 Å². The van der Waals surface area contributed by atoms with Gasteiger partial charge in [-0.15, -0.1) is 0 Å². The Morgan fingerprint density at radius 2 is 1.76 bits per heavy atom. The highest BCUT2D eigenvalue weighted by molar-refractivity contribution is 5.96. The molecule has 0 fully saturated rings. The molecule has 0 heterocycles. The fraction of sp³-hybridized carbons (Fsp3) is 0.167. The lowest BCUT2D eigenvalue weighted by Gasteiger charge is -2.09. The van der Waals surface area contributed by atoms with E-state index in [4.69, 9.17) is 9.47 Å². The molecule has 21 heavy (non-hydrogen) atoms. The Kier molecular flexibility index (Phi) is 5.16. The van der Waals surface area contributed by atoms with Crippen LogP contribution in [0.5, 0.6) is 5.75 Å². The van der Waals surface area contributed by atoms with E-state index in [1.165, 1.54) is 5.56 Å². The second-order valence-electron chi connectivity index (χ2n) is 4.58. The summed E-state index contributed by atoms with van der Waals surface area (Å²) in [6.07, 6.45) is 1.70. The molecule has 108 valence electrons. The number of aryl methyl sites for hydroxylation is 1. The number of hydrogen-bond acceptors (Lipinski definition) is 3. The fourth-order valence-corrected chi connectivity index (χ4v) is 1.79. The Labute approximate surface area is 125 Å². The Balaban J connectivity index is 2.31. The number of benzene rings is 2. The number of methoxy groups -OCH3 is 1. The van der Waals surface area contributed by atoms with Crippen molar-refractivity contribution in [3.05, 3.63) is 72.3 Å². The van der Waals surface area contributed by atoms with Crippen LogP contribution >= 0.6 is 0 Å². The largest absolute Gasteiger partial charge is 0.497 e. The SMILES string of the molecule is C=CCOC(=Nc1ccc(C)cc1)c1ccc(OC)cc1. The van der Waals surface area contributed by atoms with E-state index in [1.807, 2.05) is 55.5 Å². The van der Waals surface area contributed by atoms with Gasteiger partial charge in [-0.25, -0.2) is 4.99 Å². The van der Waals surface area contributed by atoms with Crippen LogP contribution in [0.2, 0.25) is 0 Å². The van der Waals surface area contributed by atoms with E-state index < -0.39 is 0 Å². The van der Waals surface area contributed by atoms with Gasteiger partial charge in [0.05, 0.1) is 12.8 Å². The van der Waals surface area contributed by atoms with Crippen LogP contribution in [0, 0.1) is 6.92 Å². The highest BCUT2D eigenvalue weighted by Gasteiger charge is 2.05. The van der Waals surface area contributed by atoms with Crippen molar-refractivity contribution >= 4 is 11.6 Å². The summed E-state index contributed by atoms with van der Waals surface area (Å²) in [4.78, 5) is 4.57. The van der Waals surface area contributed by atoms with Gasteiger partial charge in [-0.05, 0) is 43.3 Å². The summed E-state index contributed by atoms with van der Waals surface area (Å²) in [7, 11) is 1.64. The molecule has 0 aliphatic carbocycles. The lowest BCUT2D eigenvalue weighted by Crippen LogP contribution is -2.06. The standard InChI is InChI=1S/C18H19NO2/c1-4-13-21-18(15-7-11-17(20-3)12-8-15)19-16-9-5-14(2)6-10-16/h4-12H,1,13H2,2-3H3. The molecule has 0 unspecified atom stereocenters. The Morgan fingerprint density at radius 3 is 2.33 bits per heavy atom. The van der Waals surface area contributed by atoms with Crippen LogP contribution in [0.3, 0.4) is 0 Å². The minimum Gasteiger partial charge on any atom is -0.497 e. The molecule has 0 spiro atoms. The molecule has 0 saturated heterocycles. The topological polar surface area (TPSA) is 30.8 Å². The molecule has 0 aliphatic rings. The van der Waals surface area contributed by atoms with Crippen LogP contribution < -0.4 is 4.74 Å². The highest BCUT2D eigenvalue weighted by atomic mass is 16.5. The summed E-state index contributed by atoms with van der Waals surface area (Å²) in [5.41, 5.74) is 2.96. The average Bonchev–Trinajstić information content (AvgIpc) is 2.53. The van der Waals surface area contributed by atoms with Gasteiger partial charge in [0.2, 0.25) is 5.90 Å². The fourth-order valence-electron chi connectivity index (χ4n) is 1.79. The molecule has 0 radical (unpaired) electrons. The van der Waals surface area contributed by atoms with Crippen LogP contribution in [-0.2, 0) is 4.74 Å². The van der Waals surface area contributed by atoms with E-state index in [0.29, 0.717) is 12.5 Å². The number of hydrogen-bond donors (Lipinski definition) is 0. The molecule has 2 aromatic rings. The lowest BCUT2D eigenvalue weighted by atomic mass is 10.2. The Hall–Kier alpha value is -2.55. The monoisotopic (exact) mass is 281 g/mol. The zero-order valence-corrected chi connectivity index (χ0v) is 12.4. The van der Waals surface area contributed by atoms with Crippen molar-refractivity contribution in [1.82, 2.24) is 0 Å². The number of nitrogens with zero attached hydrogens (tertiary/aromatic N) is 1. The summed E-state index contributed by atoms with van der Waals surface area (Å²) in [5.74, 6) is 1.37. The third-order valence-corrected chi connectivity index (χ3v) is 2.94. The van der Waals surface area contributed by atoms with Crippen molar-refractivity contribution in [2.75, 3.05) is 13.7 Å². The van der Waals surface area contributed by atoms with Gasteiger partial charge in [-0.2, -0.15) is 0 Å². The molecule has 3 heteroatoms. The predicted octanol–water partition coefficient (Wildman–Crippen LogP) is 4.28. The minimum absolute atomic E-state index is 0.413. The molecule has 0 bridgehead atoms. The minimum atomic E-state index is 0.413. The number of rotatable bonds is 5. The number of ether oxygens (including phenoxy) is 2. The zero-order valence-electron chi connectivity index (χ0n) is 12.4. The van der Waals surface area contributed by atoms with Crippen LogP contribution in [-0.4, -0.2) is 19.6 Å². The summed E-state index contributed by atoms with van der Waals surface area (Å²) >= 11 is 0. The lowest BCUT2D eigenvalue weighted by molar-refractivity contribution is 0.352. The molecule has 2 rings (SSSR count). The van der Waals surface area contributed by atoms with Crippen molar-refractivity contribution in [2.45, 2.75) is 6.92 Å². The molecular weight excluding hydrogens is 262 g/mol. The van der Waals surface area contributed by atoms with E-state index >= 15 is 0 Å². The van der Waals surface area contributed by atoms with Crippen molar-refractivity contribution in [1.29, 1.82) is 0 Å². The molecular formula is C18H19NO2. The van der Waals surface area contributed by atoms with Gasteiger partial charge in [0.25, 0.3) is 0 Å².